The molecule has 1 aromatic heterocycles. The lowest BCUT2D eigenvalue weighted by Gasteiger charge is -2.14. The fraction of sp³-hybridized carbons (Fsp3) is 0.333. The van der Waals surface area contributed by atoms with Crippen molar-refractivity contribution in [2.75, 3.05) is 6.54 Å². The summed E-state index contributed by atoms with van der Waals surface area (Å²) in [6.07, 6.45) is 4.24. The first-order valence-corrected chi connectivity index (χ1v) is 8.27. The molecule has 0 unspecified atom stereocenters. The number of carbonyl (C=O) groups excluding carboxylic acids is 3. The van der Waals surface area contributed by atoms with Crippen LogP contribution in [-0.4, -0.2) is 38.9 Å². The average Bonchev–Trinajstić information content (AvgIpc) is 3.23. The van der Waals surface area contributed by atoms with Crippen LogP contribution in [0.4, 0.5) is 0 Å². The largest absolute Gasteiger partial charge is 0.352 e. The zero-order valence-corrected chi connectivity index (χ0v) is 13.9. The molecule has 3 rings (SSSR count). The Hall–Kier alpha value is -2.96. The maximum atomic E-state index is 12.0. The highest BCUT2D eigenvalue weighted by Gasteiger charge is 2.28. The van der Waals surface area contributed by atoms with E-state index >= 15 is 0 Å². The van der Waals surface area contributed by atoms with Gasteiger partial charge in [-0.1, -0.05) is 24.3 Å². The van der Waals surface area contributed by atoms with E-state index in [9.17, 15) is 14.4 Å². The number of amides is 3. The van der Waals surface area contributed by atoms with Crippen LogP contribution < -0.4 is 5.32 Å². The average molecular weight is 340 g/mol. The number of imide groups is 1. The van der Waals surface area contributed by atoms with Crippen LogP contribution in [0.5, 0.6) is 0 Å². The first kappa shape index (κ1) is 16.9. The van der Waals surface area contributed by atoms with Crippen LogP contribution >= 0.6 is 0 Å². The molecule has 0 radical (unpaired) electrons. The molecular formula is C18H20N4O3. The zero-order valence-electron chi connectivity index (χ0n) is 13.9. The molecule has 1 fully saturated rings. The summed E-state index contributed by atoms with van der Waals surface area (Å²) in [5.74, 6) is -0.564. The number of aromatic nitrogens is 2. The minimum absolute atomic E-state index is 0.124. The van der Waals surface area contributed by atoms with E-state index in [2.05, 4.69) is 10.4 Å². The third-order valence-electron chi connectivity index (χ3n) is 4.20. The van der Waals surface area contributed by atoms with Crippen molar-refractivity contribution in [2.24, 2.45) is 0 Å². The van der Waals surface area contributed by atoms with Crippen LogP contribution in [0.25, 0.3) is 0 Å². The monoisotopic (exact) mass is 340 g/mol. The molecule has 130 valence electrons. The Balaban J connectivity index is 1.52. The van der Waals surface area contributed by atoms with Crippen LogP contribution in [0, 0.1) is 0 Å². The van der Waals surface area contributed by atoms with Crippen LogP contribution in [0.15, 0.2) is 42.7 Å². The number of benzene rings is 1. The molecule has 3 amide bonds. The van der Waals surface area contributed by atoms with Crippen molar-refractivity contribution < 1.29 is 14.4 Å². The van der Waals surface area contributed by atoms with Gasteiger partial charge in [0.05, 0.1) is 6.54 Å². The van der Waals surface area contributed by atoms with E-state index < -0.39 is 0 Å². The number of nitrogens with one attached hydrogen (secondary N) is 1. The molecule has 1 aromatic carbocycles. The number of rotatable bonds is 7. The van der Waals surface area contributed by atoms with Crippen molar-refractivity contribution in [3.05, 3.63) is 53.9 Å². The van der Waals surface area contributed by atoms with Crippen molar-refractivity contribution in [2.45, 2.75) is 32.4 Å². The molecule has 0 spiro atoms. The minimum atomic E-state index is -0.192. The lowest BCUT2D eigenvalue weighted by atomic mass is 10.1. The molecule has 1 aliphatic rings. The van der Waals surface area contributed by atoms with Gasteiger partial charge in [0.2, 0.25) is 17.7 Å². The van der Waals surface area contributed by atoms with Gasteiger partial charge in [0.25, 0.3) is 0 Å². The van der Waals surface area contributed by atoms with Crippen molar-refractivity contribution in [3.63, 3.8) is 0 Å². The highest BCUT2D eigenvalue weighted by molar-refractivity contribution is 6.02. The van der Waals surface area contributed by atoms with E-state index in [-0.39, 0.29) is 43.5 Å². The highest BCUT2D eigenvalue weighted by Crippen LogP contribution is 2.12. The Labute approximate surface area is 145 Å². The summed E-state index contributed by atoms with van der Waals surface area (Å²) in [4.78, 5) is 36.3. The molecule has 0 atom stereocenters. The number of likely N-dealkylation sites (tertiary alicyclic amines) is 1. The fourth-order valence-corrected chi connectivity index (χ4v) is 2.82. The molecule has 0 saturated carbocycles. The molecule has 1 N–H and O–H groups in total. The van der Waals surface area contributed by atoms with Crippen LogP contribution in [-0.2, 0) is 27.5 Å². The van der Waals surface area contributed by atoms with Gasteiger partial charge in [0, 0.05) is 44.7 Å². The quantitative estimate of drug-likeness (QED) is 0.765. The van der Waals surface area contributed by atoms with Gasteiger partial charge < -0.3 is 5.32 Å². The number of nitrogens with zero attached hydrogens (tertiary/aromatic N) is 3. The second kappa shape index (κ2) is 7.74. The Morgan fingerprint density at radius 1 is 1.08 bits per heavy atom. The first-order chi connectivity index (χ1) is 12.1. The molecule has 2 aromatic rings. The summed E-state index contributed by atoms with van der Waals surface area (Å²) >= 11 is 0. The van der Waals surface area contributed by atoms with Gasteiger partial charge in [-0.2, -0.15) is 5.10 Å². The second-order valence-electron chi connectivity index (χ2n) is 5.94. The zero-order chi connectivity index (χ0) is 17.6. The van der Waals surface area contributed by atoms with Gasteiger partial charge in [-0.05, 0) is 17.2 Å². The normalized spacial score (nSPS) is 14.2. The summed E-state index contributed by atoms with van der Waals surface area (Å²) in [7, 11) is 0. The second-order valence-corrected chi connectivity index (χ2v) is 5.94. The van der Waals surface area contributed by atoms with Gasteiger partial charge >= 0.3 is 0 Å². The molecule has 1 aliphatic heterocycles. The maximum absolute atomic E-state index is 12.0. The predicted octanol–water partition coefficient (Wildman–Crippen LogP) is 1.09. The molecule has 0 aliphatic carbocycles. The molecule has 2 heterocycles. The topological polar surface area (TPSA) is 84.3 Å². The number of hydrogen-bond acceptors (Lipinski definition) is 4. The van der Waals surface area contributed by atoms with E-state index in [0.717, 1.165) is 11.1 Å². The van der Waals surface area contributed by atoms with Crippen molar-refractivity contribution in [3.8, 4) is 0 Å². The molecule has 0 bridgehead atoms. The van der Waals surface area contributed by atoms with Gasteiger partial charge in [-0.15, -0.1) is 0 Å². The maximum Gasteiger partial charge on any atom is 0.229 e. The van der Waals surface area contributed by atoms with Gasteiger partial charge in [-0.3, -0.25) is 24.0 Å². The summed E-state index contributed by atoms with van der Waals surface area (Å²) < 4.78 is 1.82. The van der Waals surface area contributed by atoms with E-state index in [1.165, 1.54) is 4.90 Å². The lowest BCUT2D eigenvalue weighted by molar-refractivity contribution is -0.138. The van der Waals surface area contributed by atoms with Crippen molar-refractivity contribution in [1.29, 1.82) is 0 Å². The van der Waals surface area contributed by atoms with Gasteiger partial charge in [-0.25, -0.2) is 0 Å². The van der Waals surface area contributed by atoms with E-state index in [0.29, 0.717) is 13.1 Å². The van der Waals surface area contributed by atoms with E-state index in [1.54, 1.807) is 6.20 Å². The molecule has 7 heteroatoms. The summed E-state index contributed by atoms with van der Waals surface area (Å²) in [5.41, 5.74) is 2.09. The van der Waals surface area contributed by atoms with Crippen LogP contribution in [0.2, 0.25) is 0 Å². The fourth-order valence-electron chi connectivity index (χ4n) is 2.82. The summed E-state index contributed by atoms with van der Waals surface area (Å²) in [6.45, 7) is 1.19. The third kappa shape index (κ3) is 4.32. The van der Waals surface area contributed by atoms with Gasteiger partial charge in [0.1, 0.15) is 0 Å². The number of hydrogen-bond donors (Lipinski definition) is 1. The molecular weight excluding hydrogens is 320 g/mol. The Morgan fingerprint density at radius 2 is 1.80 bits per heavy atom. The smallest absolute Gasteiger partial charge is 0.229 e. The molecule has 25 heavy (non-hydrogen) atoms. The number of carbonyl (C=O) groups is 3. The summed E-state index contributed by atoms with van der Waals surface area (Å²) in [5, 5.41) is 7.05. The van der Waals surface area contributed by atoms with E-state index in [1.807, 2.05) is 41.2 Å². The van der Waals surface area contributed by atoms with E-state index in [4.69, 9.17) is 0 Å². The van der Waals surface area contributed by atoms with Gasteiger partial charge in [0.15, 0.2) is 0 Å². The lowest BCUT2D eigenvalue weighted by Crippen LogP contribution is -2.34. The Morgan fingerprint density at radius 3 is 2.48 bits per heavy atom. The SMILES string of the molecule is O=C(CCN1C(=O)CCC1=O)NCc1ccccc1Cn1cccn1. The minimum Gasteiger partial charge on any atom is -0.352 e. The first-order valence-electron chi connectivity index (χ1n) is 8.27. The molecule has 7 nitrogen and oxygen atoms in total. The van der Waals surface area contributed by atoms with Crippen molar-refractivity contribution >= 4 is 17.7 Å². The Kier molecular flexibility index (Phi) is 5.23. The third-order valence-corrected chi connectivity index (χ3v) is 4.20. The Bertz CT molecular complexity index is 754. The standard InChI is InChI=1S/C18H20N4O3/c23-16(8-11-22-17(24)6-7-18(22)25)19-12-14-4-1-2-5-15(14)13-21-10-3-9-20-21/h1-5,9-10H,6-8,11-13H2,(H,19,23). The van der Waals surface area contributed by atoms with Crippen molar-refractivity contribution in [1.82, 2.24) is 20.0 Å². The summed E-state index contributed by atoms with van der Waals surface area (Å²) in [6, 6.07) is 9.72. The molecule has 1 saturated heterocycles. The van der Waals surface area contributed by atoms with Crippen LogP contribution in [0.3, 0.4) is 0 Å². The predicted molar refractivity (Wildman–Crippen MR) is 90.2 cm³/mol. The van der Waals surface area contributed by atoms with Crippen LogP contribution in [0.1, 0.15) is 30.4 Å². The highest BCUT2D eigenvalue weighted by atomic mass is 16.2.